The second kappa shape index (κ2) is 5.18. The smallest absolute Gasteiger partial charge is 0.139 e. The lowest BCUT2D eigenvalue weighted by Crippen LogP contribution is -2.40. The van der Waals surface area contributed by atoms with E-state index in [1.165, 1.54) is 0 Å². The van der Waals surface area contributed by atoms with Crippen LogP contribution < -0.4 is 0 Å². The molecule has 0 aromatic heterocycles. The summed E-state index contributed by atoms with van der Waals surface area (Å²) in [5.41, 5.74) is 0.441. The van der Waals surface area contributed by atoms with Gasteiger partial charge < -0.3 is 25.5 Å². The van der Waals surface area contributed by atoms with Crippen LogP contribution in [-0.2, 0) is 0 Å². The molecule has 0 aliphatic heterocycles. The molecule has 0 aliphatic rings. The zero-order valence-electron chi connectivity index (χ0n) is 7.68. The summed E-state index contributed by atoms with van der Waals surface area (Å²) in [7, 11) is 0. The summed E-state index contributed by atoms with van der Waals surface area (Å²) >= 11 is 0. The average molecular weight is 192 g/mol. The van der Waals surface area contributed by atoms with Gasteiger partial charge in [-0.1, -0.05) is 0 Å². The lowest BCUT2D eigenvalue weighted by atomic mass is 10.0. The van der Waals surface area contributed by atoms with E-state index < -0.39 is 24.9 Å². The fourth-order valence-corrected chi connectivity index (χ4v) is 0.776. The van der Waals surface area contributed by atoms with Crippen LogP contribution in [0.25, 0.3) is 0 Å². The maximum atomic E-state index is 9.23. The quantitative estimate of drug-likeness (QED) is 0.364. The number of allylic oxidation sites excluding steroid dienone is 1. The molecule has 5 heteroatoms. The van der Waals surface area contributed by atoms with E-state index >= 15 is 0 Å². The third kappa shape index (κ3) is 3.31. The summed E-state index contributed by atoms with van der Waals surface area (Å²) in [6.45, 7) is 2.43. The summed E-state index contributed by atoms with van der Waals surface area (Å²) in [6.07, 6.45) is -4.61. The third-order valence-corrected chi connectivity index (χ3v) is 1.70. The Balaban J connectivity index is 4.42. The maximum absolute atomic E-state index is 9.23. The van der Waals surface area contributed by atoms with Gasteiger partial charge in [0.15, 0.2) is 0 Å². The molecular weight excluding hydrogens is 176 g/mol. The zero-order chi connectivity index (χ0) is 10.6. The van der Waals surface area contributed by atoms with Gasteiger partial charge in [0, 0.05) is 0 Å². The van der Waals surface area contributed by atoms with Crippen LogP contribution >= 0.6 is 0 Å². The zero-order valence-corrected chi connectivity index (χ0v) is 7.68. The van der Waals surface area contributed by atoms with Crippen molar-refractivity contribution in [2.45, 2.75) is 32.2 Å². The van der Waals surface area contributed by atoms with Crippen molar-refractivity contribution in [3.8, 4) is 0 Å². The normalized spacial score (nSPS) is 17.7. The van der Waals surface area contributed by atoms with Crippen molar-refractivity contribution in [1.82, 2.24) is 0 Å². The van der Waals surface area contributed by atoms with Gasteiger partial charge in [0.1, 0.15) is 24.1 Å². The van der Waals surface area contributed by atoms with Crippen molar-refractivity contribution in [2.24, 2.45) is 0 Å². The molecule has 0 heterocycles. The average Bonchev–Trinajstić information content (AvgIpc) is 2.12. The molecule has 13 heavy (non-hydrogen) atoms. The Kier molecular flexibility index (Phi) is 4.94. The van der Waals surface area contributed by atoms with E-state index in [4.69, 9.17) is 15.3 Å². The Morgan fingerprint density at radius 2 is 1.62 bits per heavy atom. The molecule has 0 rings (SSSR count). The van der Waals surface area contributed by atoms with E-state index in [1.807, 2.05) is 0 Å². The predicted molar refractivity (Wildman–Crippen MR) is 46.1 cm³/mol. The Labute approximate surface area is 76.6 Å². The molecule has 5 nitrogen and oxygen atoms in total. The molecule has 0 aromatic rings. The molecule has 3 atom stereocenters. The first kappa shape index (κ1) is 12.4. The van der Waals surface area contributed by atoms with Gasteiger partial charge in [-0.2, -0.15) is 0 Å². The molecule has 0 fully saturated rings. The van der Waals surface area contributed by atoms with Crippen LogP contribution in [0.5, 0.6) is 0 Å². The fraction of sp³-hybridized carbons (Fsp3) is 0.750. The van der Waals surface area contributed by atoms with E-state index in [9.17, 15) is 10.2 Å². The molecule has 0 bridgehead atoms. The van der Waals surface area contributed by atoms with Gasteiger partial charge in [-0.25, -0.2) is 0 Å². The van der Waals surface area contributed by atoms with Crippen LogP contribution in [0.3, 0.4) is 0 Å². The highest BCUT2D eigenvalue weighted by Gasteiger charge is 2.27. The SMILES string of the molecule is CC(C)=C(O)[C@@H](O)[C@H](O)[C@H](O)CO. The van der Waals surface area contributed by atoms with Crippen LogP contribution in [0, 0.1) is 0 Å². The van der Waals surface area contributed by atoms with E-state index in [1.54, 1.807) is 13.8 Å². The molecule has 0 spiro atoms. The summed E-state index contributed by atoms with van der Waals surface area (Å²) in [4.78, 5) is 0. The Bertz CT molecular complexity index is 185. The monoisotopic (exact) mass is 192 g/mol. The van der Waals surface area contributed by atoms with Gasteiger partial charge in [0.2, 0.25) is 0 Å². The van der Waals surface area contributed by atoms with Crippen molar-refractivity contribution < 1.29 is 25.5 Å². The van der Waals surface area contributed by atoms with Crippen LogP contribution in [0.15, 0.2) is 11.3 Å². The maximum Gasteiger partial charge on any atom is 0.139 e. The lowest BCUT2D eigenvalue weighted by Gasteiger charge is -2.21. The van der Waals surface area contributed by atoms with Crippen LogP contribution in [-0.4, -0.2) is 50.5 Å². The molecule has 5 N–H and O–H groups in total. The third-order valence-electron chi connectivity index (χ3n) is 1.70. The summed E-state index contributed by atoms with van der Waals surface area (Å²) in [5.74, 6) is -0.389. The highest BCUT2D eigenvalue weighted by atomic mass is 16.4. The first-order valence-electron chi connectivity index (χ1n) is 3.93. The minimum Gasteiger partial charge on any atom is -0.510 e. The molecule has 0 aliphatic carbocycles. The predicted octanol–water partition coefficient (Wildman–Crippen LogP) is -1.09. The van der Waals surface area contributed by atoms with Gasteiger partial charge in [-0.15, -0.1) is 0 Å². The number of rotatable bonds is 4. The summed E-state index contributed by atoms with van der Waals surface area (Å²) in [6, 6.07) is 0. The standard InChI is InChI=1S/C8H16O5/c1-4(2)6(11)8(13)7(12)5(10)3-9/h5,7-13H,3H2,1-2H3/t5-,7-,8-/m1/s1. The fourth-order valence-electron chi connectivity index (χ4n) is 0.776. The molecule has 0 saturated heterocycles. The minimum absolute atomic E-state index is 0.389. The van der Waals surface area contributed by atoms with Crippen molar-refractivity contribution >= 4 is 0 Å². The Morgan fingerprint density at radius 3 is 1.92 bits per heavy atom. The molecule has 0 aromatic carbocycles. The summed E-state index contributed by atoms with van der Waals surface area (Å²) in [5, 5.41) is 45.0. The van der Waals surface area contributed by atoms with E-state index in [0.29, 0.717) is 5.57 Å². The molecule has 0 unspecified atom stereocenters. The second-order valence-corrected chi connectivity index (χ2v) is 3.07. The van der Waals surface area contributed by atoms with Crippen LogP contribution in [0.1, 0.15) is 13.8 Å². The van der Waals surface area contributed by atoms with Gasteiger partial charge in [-0.3, -0.25) is 0 Å². The highest BCUT2D eigenvalue weighted by Crippen LogP contribution is 2.11. The number of aliphatic hydroxyl groups is 5. The number of hydrogen-bond donors (Lipinski definition) is 5. The first-order chi connectivity index (χ1) is 5.91. The highest BCUT2D eigenvalue weighted by molar-refractivity contribution is 5.08. The van der Waals surface area contributed by atoms with Crippen LogP contribution in [0.2, 0.25) is 0 Å². The van der Waals surface area contributed by atoms with E-state index in [2.05, 4.69) is 0 Å². The molecule has 0 radical (unpaired) electrons. The first-order valence-corrected chi connectivity index (χ1v) is 3.93. The molecule has 0 saturated carbocycles. The minimum atomic E-state index is -1.58. The lowest BCUT2D eigenvalue weighted by molar-refractivity contribution is -0.0745. The topological polar surface area (TPSA) is 101 Å². The number of hydrogen-bond acceptors (Lipinski definition) is 5. The van der Waals surface area contributed by atoms with Gasteiger partial charge in [0.25, 0.3) is 0 Å². The Hall–Kier alpha value is -0.620. The van der Waals surface area contributed by atoms with Crippen molar-refractivity contribution in [3.63, 3.8) is 0 Å². The Morgan fingerprint density at radius 1 is 1.15 bits per heavy atom. The largest absolute Gasteiger partial charge is 0.510 e. The molecule has 78 valence electrons. The number of aliphatic hydroxyl groups excluding tert-OH is 5. The van der Waals surface area contributed by atoms with Crippen molar-refractivity contribution in [2.75, 3.05) is 6.61 Å². The van der Waals surface area contributed by atoms with Crippen molar-refractivity contribution in [1.29, 1.82) is 0 Å². The van der Waals surface area contributed by atoms with Crippen molar-refractivity contribution in [3.05, 3.63) is 11.3 Å². The van der Waals surface area contributed by atoms with Gasteiger partial charge in [-0.05, 0) is 19.4 Å². The van der Waals surface area contributed by atoms with E-state index in [0.717, 1.165) is 0 Å². The van der Waals surface area contributed by atoms with Gasteiger partial charge in [0.05, 0.1) is 6.61 Å². The summed E-state index contributed by atoms with van der Waals surface area (Å²) < 4.78 is 0. The second-order valence-electron chi connectivity index (χ2n) is 3.07. The van der Waals surface area contributed by atoms with E-state index in [-0.39, 0.29) is 5.76 Å². The molecule has 0 amide bonds. The molecular formula is C8H16O5. The van der Waals surface area contributed by atoms with Gasteiger partial charge >= 0.3 is 0 Å². The van der Waals surface area contributed by atoms with Crippen LogP contribution in [0.4, 0.5) is 0 Å².